The van der Waals surface area contributed by atoms with Crippen LogP contribution in [0.15, 0.2) is 53.4 Å². The van der Waals surface area contributed by atoms with Crippen LogP contribution >= 0.6 is 0 Å². The molecule has 0 amide bonds. The van der Waals surface area contributed by atoms with E-state index < -0.39 is 26.7 Å². The predicted octanol–water partition coefficient (Wildman–Crippen LogP) is 2.32. The summed E-state index contributed by atoms with van der Waals surface area (Å²) in [5.74, 6) is -1.98. The van der Waals surface area contributed by atoms with Crippen molar-refractivity contribution >= 4 is 21.7 Å². The molecule has 5 nitrogen and oxygen atoms in total. The highest BCUT2D eigenvalue weighted by Crippen LogP contribution is 2.18. The normalized spacial score (nSPS) is 11.1. The highest BCUT2D eigenvalue weighted by molar-refractivity contribution is 7.92. The van der Waals surface area contributed by atoms with E-state index in [0.717, 1.165) is 12.1 Å². The molecule has 0 radical (unpaired) electrons. The van der Waals surface area contributed by atoms with Gasteiger partial charge in [0, 0.05) is 5.69 Å². The van der Waals surface area contributed by atoms with E-state index in [4.69, 9.17) is 5.11 Å². The summed E-state index contributed by atoms with van der Waals surface area (Å²) in [6, 6.07) is 10.1. The van der Waals surface area contributed by atoms with Gasteiger partial charge in [-0.2, -0.15) is 0 Å². The minimum absolute atomic E-state index is 0.0267. The fourth-order valence-electron chi connectivity index (χ4n) is 1.55. The Morgan fingerprint density at radius 2 is 1.65 bits per heavy atom. The summed E-state index contributed by atoms with van der Waals surface area (Å²) in [6.07, 6.45) is 0. The van der Waals surface area contributed by atoms with E-state index in [-0.39, 0.29) is 11.3 Å². The van der Waals surface area contributed by atoms with E-state index in [9.17, 15) is 17.6 Å². The topological polar surface area (TPSA) is 83.5 Å². The molecule has 0 aliphatic rings. The maximum atomic E-state index is 13.5. The summed E-state index contributed by atoms with van der Waals surface area (Å²) in [4.78, 5) is 10.2. The lowest BCUT2D eigenvalue weighted by Crippen LogP contribution is -2.14. The zero-order valence-electron chi connectivity index (χ0n) is 10.1. The monoisotopic (exact) mass is 295 g/mol. The smallest absolute Gasteiger partial charge is 0.335 e. The number of carboxylic acid groups (broad SMARTS) is 1. The van der Waals surface area contributed by atoms with Gasteiger partial charge >= 0.3 is 5.97 Å². The Balaban J connectivity index is 2.29. The number of nitrogens with one attached hydrogen (secondary N) is 1. The molecule has 20 heavy (non-hydrogen) atoms. The SMILES string of the molecule is O=C(O)c1ccc(NS(=O)(=O)c2ccccc2F)cc1. The lowest BCUT2D eigenvalue weighted by Gasteiger charge is -2.08. The lowest BCUT2D eigenvalue weighted by atomic mass is 10.2. The van der Waals surface area contributed by atoms with Crippen LogP contribution in [0.5, 0.6) is 0 Å². The molecule has 2 rings (SSSR count). The number of rotatable bonds is 4. The molecule has 0 fully saturated rings. The standard InChI is InChI=1S/C13H10FNO4S/c14-11-3-1-2-4-12(11)20(18,19)15-10-7-5-9(6-8-10)13(16)17/h1-8,15H,(H,16,17). The van der Waals surface area contributed by atoms with Crippen LogP contribution < -0.4 is 4.72 Å². The van der Waals surface area contributed by atoms with E-state index >= 15 is 0 Å². The Hall–Kier alpha value is -2.41. The van der Waals surface area contributed by atoms with Crippen LogP contribution in [0, 0.1) is 5.82 Å². The van der Waals surface area contributed by atoms with E-state index in [1.54, 1.807) is 0 Å². The molecular weight excluding hydrogens is 285 g/mol. The predicted molar refractivity (Wildman–Crippen MR) is 70.6 cm³/mol. The van der Waals surface area contributed by atoms with E-state index in [0.29, 0.717) is 0 Å². The number of sulfonamides is 1. The molecule has 0 atom stereocenters. The summed E-state index contributed by atoms with van der Waals surface area (Å²) in [6.45, 7) is 0. The van der Waals surface area contributed by atoms with Gasteiger partial charge in [-0.25, -0.2) is 17.6 Å². The third-order valence-corrected chi connectivity index (χ3v) is 3.92. The molecule has 104 valence electrons. The third kappa shape index (κ3) is 2.94. The second kappa shape index (κ2) is 5.30. The van der Waals surface area contributed by atoms with Crippen molar-refractivity contribution in [3.63, 3.8) is 0 Å². The van der Waals surface area contributed by atoms with Crippen LogP contribution in [0.25, 0.3) is 0 Å². The molecule has 0 aliphatic heterocycles. The zero-order valence-corrected chi connectivity index (χ0v) is 10.9. The van der Waals surface area contributed by atoms with Crippen LogP contribution in [-0.4, -0.2) is 19.5 Å². The first-order valence-electron chi connectivity index (χ1n) is 5.51. The molecule has 0 bridgehead atoms. The molecule has 2 aromatic carbocycles. The number of carboxylic acids is 1. The number of anilines is 1. The molecule has 2 aromatic rings. The Kier molecular flexibility index (Phi) is 3.71. The molecule has 0 heterocycles. The van der Waals surface area contributed by atoms with E-state index in [1.807, 2.05) is 0 Å². The highest BCUT2D eigenvalue weighted by Gasteiger charge is 2.18. The molecule has 7 heteroatoms. The van der Waals surface area contributed by atoms with Crippen molar-refractivity contribution in [2.75, 3.05) is 4.72 Å². The third-order valence-electron chi connectivity index (χ3n) is 2.51. The summed E-state index contributed by atoms with van der Waals surface area (Å²) in [5.41, 5.74) is 0.178. The molecular formula is C13H10FNO4S. The fourth-order valence-corrected chi connectivity index (χ4v) is 2.69. The number of halogens is 1. The van der Waals surface area contributed by atoms with Crippen molar-refractivity contribution < 1.29 is 22.7 Å². The fraction of sp³-hybridized carbons (Fsp3) is 0. The number of hydrogen-bond acceptors (Lipinski definition) is 3. The molecule has 0 unspecified atom stereocenters. The van der Waals surface area contributed by atoms with Crippen molar-refractivity contribution in [2.24, 2.45) is 0 Å². The minimum atomic E-state index is -4.05. The second-order valence-corrected chi connectivity index (χ2v) is 5.57. The van der Waals surface area contributed by atoms with Crippen molar-refractivity contribution in [1.29, 1.82) is 0 Å². The molecule has 0 spiro atoms. The Morgan fingerprint density at radius 1 is 1.05 bits per heavy atom. The number of carbonyl (C=O) groups is 1. The van der Waals surface area contributed by atoms with Crippen molar-refractivity contribution in [1.82, 2.24) is 0 Å². The largest absolute Gasteiger partial charge is 0.478 e. The van der Waals surface area contributed by atoms with Crippen molar-refractivity contribution in [3.05, 3.63) is 59.9 Å². The number of aromatic carboxylic acids is 1. The van der Waals surface area contributed by atoms with Crippen molar-refractivity contribution in [3.8, 4) is 0 Å². The van der Waals surface area contributed by atoms with Crippen LogP contribution in [0.3, 0.4) is 0 Å². The van der Waals surface area contributed by atoms with Gasteiger partial charge in [-0.1, -0.05) is 12.1 Å². The van der Waals surface area contributed by atoms with E-state index in [1.165, 1.54) is 36.4 Å². The maximum absolute atomic E-state index is 13.5. The van der Waals surface area contributed by atoms with Crippen LogP contribution in [-0.2, 0) is 10.0 Å². The van der Waals surface area contributed by atoms with E-state index in [2.05, 4.69) is 4.72 Å². The Morgan fingerprint density at radius 3 is 2.20 bits per heavy atom. The minimum Gasteiger partial charge on any atom is -0.478 e. The van der Waals surface area contributed by atoms with Crippen molar-refractivity contribution in [2.45, 2.75) is 4.90 Å². The summed E-state index contributed by atoms with van der Waals surface area (Å²) in [7, 11) is -4.05. The Bertz CT molecular complexity index is 741. The Labute approximate surface area is 114 Å². The van der Waals surface area contributed by atoms with Gasteiger partial charge in [-0.05, 0) is 36.4 Å². The van der Waals surface area contributed by atoms with Gasteiger partial charge in [0.25, 0.3) is 10.0 Å². The number of benzene rings is 2. The quantitative estimate of drug-likeness (QED) is 0.906. The van der Waals surface area contributed by atoms with Gasteiger partial charge in [0.1, 0.15) is 10.7 Å². The summed E-state index contributed by atoms with van der Waals surface area (Å²) < 4.78 is 39.6. The highest BCUT2D eigenvalue weighted by atomic mass is 32.2. The average molecular weight is 295 g/mol. The van der Waals surface area contributed by atoms with Crippen LogP contribution in [0.1, 0.15) is 10.4 Å². The molecule has 0 aliphatic carbocycles. The van der Waals surface area contributed by atoms with Crippen LogP contribution in [0.4, 0.5) is 10.1 Å². The first-order valence-corrected chi connectivity index (χ1v) is 6.99. The number of hydrogen-bond donors (Lipinski definition) is 2. The summed E-state index contributed by atoms with van der Waals surface area (Å²) in [5, 5.41) is 8.73. The van der Waals surface area contributed by atoms with Gasteiger partial charge in [-0.15, -0.1) is 0 Å². The average Bonchev–Trinajstić information content (AvgIpc) is 2.39. The first kappa shape index (κ1) is 14.0. The molecule has 0 saturated carbocycles. The summed E-state index contributed by atoms with van der Waals surface area (Å²) >= 11 is 0. The van der Waals surface area contributed by atoms with Crippen LogP contribution in [0.2, 0.25) is 0 Å². The van der Waals surface area contributed by atoms with Gasteiger partial charge in [0.15, 0.2) is 0 Å². The maximum Gasteiger partial charge on any atom is 0.335 e. The molecule has 0 aromatic heterocycles. The zero-order chi connectivity index (χ0) is 14.8. The first-order chi connectivity index (χ1) is 9.40. The molecule has 2 N–H and O–H groups in total. The van der Waals surface area contributed by atoms with Gasteiger partial charge in [-0.3, -0.25) is 4.72 Å². The van der Waals surface area contributed by atoms with Gasteiger partial charge in [0.2, 0.25) is 0 Å². The second-order valence-electron chi connectivity index (χ2n) is 3.92. The molecule has 0 saturated heterocycles. The lowest BCUT2D eigenvalue weighted by molar-refractivity contribution is 0.0697. The van der Waals surface area contributed by atoms with Gasteiger partial charge < -0.3 is 5.11 Å². The van der Waals surface area contributed by atoms with Gasteiger partial charge in [0.05, 0.1) is 5.56 Å².